The largest absolute Gasteiger partial charge is 0.455 e. The molecule has 158 valence electrons. The summed E-state index contributed by atoms with van der Waals surface area (Å²) in [5.74, 6) is -2.13. The Morgan fingerprint density at radius 2 is 1.57 bits per heavy atom. The number of benzene rings is 2. The van der Waals surface area contributed by atoms with Crippen LogP contribution in [0.25, 0.3) is 0 Å². The summed E-state index contributed by atoms with van der Waals surface area (Å²) >= 11 is 11.7. The van der Waals surface area contributed by atoms with Gasteiger partial charge in [-0.25, -0.2) is 0 Å². The molecule has 2 rings (SSSR count). The molecule has 10 heteroatoms. The normalized spacial score (nSPS) is 10.1. The number of hydrogen-bond donors (Lipinski definition) is 3. The molecular formula is C20H19Cl2N3O5. The van der Waals surface area contributed by atoms with Gasteiger partial charge in [0.15, 0.2) is 6.61 Å². The van der Waals surface area contributed by atoms with Gasteiger partial charge in [-0.05, 0) is 36.8 Å². The van der Waals surface area contributed by atoms with E-state index in [1.165, 1.54) is 6.07 Å². The van der Waals surface area contributed by atoms with Gasteiger partial charge in [0, 0.05) is 24.1 Å². The Bertz CT molecular complexity index is 922. The van der Waals surface area contributed by atoms with Crippen molar-refractivity contribution in [2.24, 2.45) is 0 Å². The molecular weight excluding hydrogens is 433 g/mol. The van der Waals surface area contributed by atoms with E-state index in [0.29, 0.717) is 21.3 Å². The average molecular weight is 452 g/mol. The topological polar surface area (TPSA) is 114 Å². The number of anilines is 1. The van der Waals surface area contributed by atoms with Crippen LogP contribution in [0.1, 0.15) is 29.6 Å². The molecule has 0 atom stereocenters. The number of carbonyl (C=O) groups is 4. The van der Waals surface area contributed by atoms with Gasteiger partial charge in [-0.2, -0.15) is 0 Å². The SMILES string of the molecule is O=C(COC(=O)CCCC(=O)Nc1ccc(Cl)c(Cl)c1)NNC(=O)c1ccccc1. The molecule has 0 aliphatic rings. The lowest BCUT2D eigenvalue weighted by atomic mass is 10.2. The smallest absolute Gasteiger partial charge is 0.306 e. The predicted molar refractivity (Wildman–Crippen MR) is 112 cm³/mol. The minimum absolute atomic E-state index is 0.0432. The zero-order valence-electron chi connectivity index (χ0n) is 15.7. The molecule has 0 saturated heterocycles. The van der Waals surface area contributed by atoms with Crippen LogP contribution in [-0.4, -0.2) is 30.3 Å². The van der Waals surface area contributed by atoms with E-state index in [1.54, 1.807) is 42.5 Å². The van der Waals surface area contributed by atoms with Crippen LogP contribution in [0.5, 0.6) is 0 Å². The van der Waals surface area contributed by atoms with Gasteiger partial charge in [0.2, 0.25) is 5.91 Å². The summed E-state index contributed by atoms with van der Waals surface area (Å²) in [6, 6.07) is 13.0. The second-order valence-corrected chi connectivity index (χ2v) is 6.87. The second-order valence-electron chi connectivity index (χ2n) is 6.06. The fourth-order valence-corrected chi connectivity index (χ4v) is 2.53. The first kappa shape index (κ1) is 23.2. The molecule has 8 nitrogen and oxygen atoms in total. The minimum Gasteiger partial charge on any atom is -0.455 e. The molecule has 0 unspecified atom stereocenters. The number of nitrogens with one attached hydrogen (secondary N) is 3. The molecule has 0 fully saturated rings. The summed E-state index contributed by atoms with van der Waals surface area (Å²) < 4.78 is 4.80. The Hall–Kier alpha value is -3.10. The monoisotopic (exact) mass is 451 g/mol. The van der Waals surface area contributed by atoms with Crippen molar-refractivity contribution in [3.8, 4) is 0 Å². The van der Waals surface area contributed by atoms with E-state index in [1.807, 2.05) is 0 Å². The third-order valence-corrected chi connectivity index (χ3v) is 4.44. The van der Waals surface area contributed by atoms with Crippen LogP contribution in [0.2, 0.25) is 10.0 Å². The number of carbonyl (C=O) groups excluding carboxylic acids is 4. The molecule has 30 heavy (non-hydrogen) atoms. The molecule has 0 aliphatic carbocycles. The molecule has 2 aromatic rings. The maximum Gasteiger partial charge on any atom is 0.306 e. The van der Waals surface area contributed by atoms with Crippen LogP contribution in [-0.2, 0) is 19.1 Å². The maximum atomic E-state index is 11.9. The lowest BCUT2D eigenvalue weighted by Crippen LogP contribution is -2.43. The lowest BCUT2D eigenvalue weighted by Gasteiger charge is -2.08. The third kappa shape index (κ3) is 8.10. The summed E-state index contributed by atoms with van der Waals surface area (Å²) in [7, 11) is 0. The first-order chi connectivity index (χ1) is 14.3. The number of esters is 1. The first-order valence-electron chi connectivity index (χ1n) is 8.90. The van der Waals surface area contributed by atoms with Crippen molar-refractivity contribution < 1.29 is 23.9 Å². The van der Waals surface area contributed by atoms with Gasteiger partial charge in [-0.3, -0.25) is 30.0 Å². The summed E-state index contributed by atoms with van der Waals surface area (Å²) in [6.45, 7) is -0.552. The lowest BCUT2D eigenvalue weighted by molar-refractivity contribution is -0.148. The summed E-state index contributed by atoms with van der Waals surface area (Å²) in [5, 5.41) is 3.33. The highest BCUT2D eigenvalue weighted by molar-refractivity contribution is 6.42. The highest BCUT2D eigenvalue weighted by atomic mass is 35.5. The van der Waals surface area contributed by atoms with E-state index < -0.39 is 24.4 Å². The fraction of sp³-hybridized carbons (Fsp3) is 0.200. The van der Waals surface area contributed by atoms with Crippen molar-refractivity contribution >= 4 is 52.6 Å². The van der Waals surface area contributed by atoms with E-state index >= 15 is 0 Å². The summed E-state index contributed by atoms with van der Waals surface area (Å²) in [6.07, 6.45) is 0.269. The zero-order chi connectivity index (χ0) is 21.9. The molecule has 0 heterocycles. The molecule has 0 radical (unpaired) electrons. The van der Waals surface area contributed by atoms with E-state index in [2.05, 4.69) is 16.2 Å². The van der Waals surface area contributed by atoms with Gasteiger partial charge < -0.3 is 10.1 Å². The Morgan fingerprint density at radius 3 is 2.27 bits per heavy atom. The average Bonchev–Trinajstić information content (AvgIpc) is 2.73. The van der Waals surface area contributed by atoms with E-state index in [9.17, 15) is 19.2 Å². The maximum absolute atomic E-state index is 11.9. The molecule has 0 spiro atoms. The van der Waals surface area contributed by atoms with Crippen molar-refractivity contribution in [1.29, 1.82) is 0 Å². The van der Waals surface area contributed by atoms with Gasteiger partial charge in [0.1, 0.15) is 0 Å². The van der Waals surface area contributed by atoms with Crippen molar-refractivity contribution in [2.75, 3.05) is 11.9 Å². The van der Waals surface area contributed by atoms with Gasteiger partial charge in [-0.1, -0.05) is 41.4 Å². The van der Waals surface area contributed by atoms with E-state index in [0.717, 1.165) is 0 Å². The zero-order valence-corrected chi connectivity index (χ0v) is 17.3. The van der Waals surface area contributed by atoms with Gasteiger partial charge >= 0.3 is 5.97 Å². The third-order valence-electron chi connectivity index (χ3n) is 3.70. The minimum atomic E-state index is -0.690. The highest BCUT2D eigenvalue weighted by Gasteiger charge is 2.11. The molecule has 0 bridgehead atoms. The van der Waals surface area contributed by atoms with Crippen LogP contribution in [0, 0.1) is 0 Å². The summed E-state index contributed by atoms with van der Waals surface area (Å²) in [5.41, 5.74) is 5.22. The van der Waals surface area contributed by atoms with Crippen molar-refractivity contribution in [3.05, 3.63) is 64.1 Å². The number of amides is 3. The molecule has 3 N–H and O–H groups in total. The molecule has 3 amide bonds. The molecule has 0 aliphatic heterocycles. The Kier molecular flexibility index (Phi) is 9.11. The first-order valence-corrected chi connectivity index (χ1v) is 9.65. The van der Waals surface area contributed by atoms with Crippen molar-refractivity contribution in [2.45, 2.75) is 19.3 Å². The Labute approximate surface area is 182 Å². The Morgan fingerprint density at radius 1 is 0.833 bits per heavy atom. The quantitative estimate of drug-likeness (QED) is 0.421. The second kappa shape index (κ2) is 11.8. The molecule has 0 aromatic heterocycles. The van der Waals surface area contributed by atoms with E-state index in [4.69, 9.17) is 27.9 Å². The van der Waals surface area contributed by atoms with Crippen molar-refractivity contribution in [1.82, 2.24) is 10.9 Å². The van der Waals surface area contributed by atoms with Crippen molar-refractivity contribution in [3.63, 3.8) is 0 Å². The predicted octanol–water partition coefficient (Wildman–Crippen LogP) is 3.11. The van der Waals surface area contributed by atoms with Gasteiger partial charge in [0.05, 0.1) is 10.0 Å². The Balaban J connectivity index is 1.60. The molecule has 2 aromatic carbocycles. The standard InChI is InChI=1S/C20H19Cl2N3O5/c21-15-10-9-14(11-16(15)22)23-17(26)7-4-8-19(28)30-12-18(27)24-25-20(29)13-5-2-1-3-6-13/h1-3,5-6,9-11H,4,7-8,12H2,(H,23,26)(H,24,27)(H,25,29). The number of hydrazine groups is 1. The van der Waals surface area contributed by atoms with Crippen LogP contribution in [0.3, 0.4) is 0 Å². The highest BCUT2D eigenvalue weighted by Crippen LogP contribution is 2.25. The fourth-order valence-electron chi connectivity index (χ4n) is 2.23. The van der Waals surface area contributed by atoms with Crippen LogP contribution < -0.4 is 16.2 Å². The number of rotatable bonds is 8. The van der Waals surface area contributed by atoms with E-state index in [-0.39, 0.29) is 25.2 Å². The number of hydrogen-bond acceptors (Lipinski definition) is 5. The van der Waals surface area contributed by atoms with Crippen LogP contribution in [0.4, 0.5) is 5.69 Å². The van der Waals surface area contributed by atoms with Crippen LogP contribution >= 0.6 is 23.2 Å². The molecule has 0 saturated carbocycles. The van der Waals surface area contributed by atoms with Gasteiger partial charge in [0.25, 0.3) is 11.8 Å². The van der Waals surface area contributed by atoms with Crippen LogP contribution in [0.15, 0.2) is 48.5 Å². The summed E-state index contributed by atoms with van der Waals surface area (Å²) in [4.78, 5) is 47.0. The van der Waals surface area contributed by atoms with Gasteiger partial charge in [-0.15, -0.1) is 0 Å². The number of halogens is 2. The number of ether oxygens (including phenoxy) is 1.